The van der Waals surface area contributed by atoms with Gasteiger partial charge in [0.25, 0.3) is 0 Å². The molecule has 24 heavy (non-hydrogen) atoms. The summed E-state index contributed by atoms with van der Waals surface area (Å²) in [5.41, 5.74) is 2.39. The molecular formula is C22H26O2. The molecule has 2 N–H and O–H groups in total. The Bertz CT molecular complexity index is 804. The van der Waals surface area contributed by atoms with Gasteiger partial charge in [0, 0.05) is 0 Å². The number of fused-ring (bicyclic) bond motifs is 1. The zero-order valence-electron chi connectivity index (χ0n) is 14.8. The summed E-state index contributed by atoms with van der Waals surface area (Å²) in [5.74, 6) is 1.64. The van der Waals surface area contributed by atoms with Crippen molar-refractivity contribution in [3.05, 3.63) is 71.8 Å². The van der Waals surface area contributed by atoms with Gasteiger partial charge in [-0.2, -0.15) is 0 Å². The molecule has 2 heteroatoms. The molecule has 0 aliphatic heterocycles. The van der Waals surface area contributed by atoms with E-state index in [4.69, 9.17) is 5.11 Å². The van der Waals surface area contributed by atoms with E-state index in [9.17, 15) is 5.11 Å². The molecule has 0 heterocycles. The third-order valence-corrected chi connectivity index (χ3v) is 4.04. The van der Waals surface area contributed by atoms with Gasteiger partial charge < -0.3 is 10.2 Å². The first-order valence-electron chi connectivity index (χ1n) is 8.39. The summed E-state index contributed by atoms with van der Waals surface area (Å²) in [5, 5.41) is 21.0. The molecule has 0 fully saturated rings. The quantitative estimate of drug-likeness (QED) is 0.591. The molecule has 0 bridgehead atoms. The number of aromatic hydroxyl groups is 2. The topological polar surface area (TPSA) is 40.5 Å². The molecule has 0 saturated heterocycles. The van der Waals surface area contributed by atoms with Crippen LogP contribution in [0.25, 0.3) is 10.8 Å². The van der Waals surface area contributed by atoms with Crippen LogP contribution >= 0.6 is 0 Å². The highest BCUT2D eigenvalue weighted by Gasteiger charge is 2.06. The number of rotatable bonds is 2. The SMILES string of the molecule is CC(C)c1cc(O)cc2ccccc12.CC(C)c1cccc(O)c1. The molecule has 0 amide bonds. The van der Waals surface area contributed by atoms with Crippen molar-refractivity contribution in [2.45, 2.75) is 39.5 Å². The highest BCUT2D eigenvalue weighted by molar-refractivity contribution is 5.87. The van der Waals surface area contributed by atoms with E-state index in [0.29, 0.717) is 23.3 Å². The lowest BCUT2D eigenvalue weighted by Crippen LogP contribution is -1.89. The van der Waals surface area contributed by atoms with E-state index in [1.165, 1.54) is 16.5 Å². The zero-order chi connectivity index (χ0) is 17.7. The Labute approximate surface area is 144 Å². The average molecular weight is 322 g/mol. The van der Waals surface area contributed by atoms with E-state index in [2.05, 4.69) is 33.8 Å². The van der Waals surface area contributed by atoms with Gasteiger partial charge >= 0.3 is 0 Å². The zero-order valence-corrected chi connectivity index (χ0v) is 14.8. The Morgan fingerprint density at radius 2 is 1.38 bits per heavy atom. The van der Waals surface area contributed by atoms with Crippen LogP contribution in [0.15, 0.2) is 60.7 Å². The van der Waals surface area contributed by atoms with E-state index < -0.39 is 0 Å². The molecule has 0 saturated carbocycles. The van der Waals surface area contributed by atoms with Crippen molar-refractivity contribution >= 4 is 10.8 Å². The first kappa shape index (κ1) is 17.9. The van der Waals surface area contributed by atoms with Crippen molar-refractivity contribution in [2.75, 3.05) is 0 Å². The van der Waals surface area contributed by atoms with Crippen LogP contribution in [0.5, 0.6) is 11.5 Å². The molecule has 3 rings (SSSR count). The fraction of sp³-hybridized carbons (Fsp3) is 0.273. The summed E-state index contributed by atoms with van der Waals surface area (Å²) >= 11 is 0. The Morgan fingerprint density at radius 3 is 1.96 bits per heavy atom. The standard InChI is InChI=1S/C13H14O.C9H12O/c1-9(2)13-8-11(14)7-10-5-3-4-6-12(10)13;1-7(2)8-4-3-5-9(10)6-8/h3-9,14H,1-2H3;3-7,10H,1-2H3. The van der Waals surface area contributed by atoms with Crippen LogP contribution in [0.4, 0.5) is 0 Å². The van der Waals surface area contributed by atoms with Crippen molar-refractivity contribution in [2.24, 2.45) is 0 Å². The molecule has 2 nitrogen and oxygen atoms in total. The van der Waals surface area contributed by atoms with Gasteiger partial charge in [-0.1, -0.05) is 64.1 Å². The summed E-state index contributed by atoms with van der Waals surface area (Å²) in [4.78, 5) is 0. The van der Waals surface area contributed by atoms with Gasteiger partial charge in [-0.25, -0.2) is 0 Å². The number of phenolic OH excluding ortho intramolecular Hbond substituents is 2. The second kappa shape index (κ2) is 7.87. The van der Waals surface area contributed by atoms with Gasteiger partial charge in [-0.05, 0) is 58.0 Å². The van der Waals surface area contributed by atoms with Crippen LogP contribution in [-0.2, 0) is 0 Å². The Hall–Kier alpha value is -2.48. The summed E-state index contributed by atoms with van der Waals surface area (Å²) in [6, 6.07) is 19.2. The number of phenols is 2. The Morgan fingerprint density at radius 1 is 0.667 bits per heavy atom. The number of benzene rings is 3. The molecule has 3 aromatic carbocycles. The second-order valence-electron chi connectivity index (χ2n) is 6.66. The predicted molar refractivity (Wildman–Crippen MR) is 102 cm³/mol. The maximum Gasteiger partial charge on any atom is 0.116 e. The number of hydrogen-bond acceptors (Lipinski definition) is 2. The van der Waals surface area contributed by atoms with Crippen LogP contribution in [0.1, 0.15) is 50.7 Å². The minimum atomic E-state index is 0.353. The van der Waals surface area contributed by atoms with Crippen molar-refractivity contribution in [1.29, 1.82) is 0 Å². The Balaban J connectivity index is 0.000000185. The molecular weight excluding hydrogens is 296 g/mol. The largest absolute Gasteiger partial charge is 0.508 e. The van der Waals surface area contributed by atoms with Gasteiger partial charge in [0.2, 0.25) is 0 Å². The Kier molecular flexibility index (Phi) is 5.86. The fourth-order valence-electron chi connectivity index (χ4n) is 2.69. The fourth-order valence-corrected chi connectivity index (χ4v) is 2.69. The van der Waals surface area contributed by atoms with E-state index >= 15 is 0 Å². The van der Waals surface area contributed by atoms with Crippen LogP contribution < -0.4 is 0 Å². The highest BCUT2D eigenvalue weighted by Crippen LogP contribution is 2.29. The third kappa shape index (κ3) is 4.51. The van der Waals surface area contributed by atoms with Gasteiger partial charge in [-0.15, -0.1) is 0 Å². The van der Waals surface area contributed by atoms with Gasteiger partial charge in [-0.3, -0.25) is 0 Å². The minimum Gasteiger partial charge on any atom is -0.508 e. The molecule has 3 aromatic rings. The lowest BCUT2D eigenvalue weighted by Gasteiger charge is -2.10. The molecule has 0 aliphatic carbocycles. The monoisotopic (exact) mass is 322 g/mol. The molecule has 0 aliphatic rings. The van der Waals surface area contributed by atoms with Crippen molar-refractivity contribution in [3.8, 4) is 11.5 Å². The van der Waals surface area contributed by atoms with Crippen molar-refractivity contribution in [1.82, 2.24) is 0 Å². The minimum absolute atomic E-state index is 0.353. The van der Waals surface area contributed by atoms with Crippen LogP contribution in [0.3, 0.4) is 0 Å². The van der Waals surface area contributed by atoms with Gasteiger partial charge in [0.1, 0.15) is 11.5 Å². The van der Waals surface area contributed by atoms with E-state index in [-0.39, 0.29) is 0 Å². The summed E-state index contributed by atoms with van der Waals surface area (Å²) < 4.78 is 0. The molecule has 0 spiro atoms. The normalized spacial score (nSPS) is 10.8. The second-order valence-corrected chi connectivity index (χ2v) is 6.66. The van der Waals surface area contributed by atoms with Crippen LogP contribution in [0, 0.1) is 0 Å². The highest BCUT2D eigenvalue weighted by atomic mass is 16.3. The van der Waals surface area contributed by atoms with E-state index in [0.717, 1.165) is 5.39 Å². The smallest absolute Gasteiger partial charge is 0.116 e. The molecule has 126 valence electrons. The lowest BCUT2D eigenvalue weighted by atomic mass is 9.96. The number of hydrogen-bond donors (Lipinski definition) is 2. The van der Waals surface area contributed by atoms with E-state index in [1.807, 2.05) is 36.4 Å². The van der Waals surface area contributed by atoms with Crippen molar-refractivity contribution in [3.63, 3.8) is 0 Å². The van der Waals surface area contributed by atoms with Crippen LogP contribution in [0.2, 0.25) is 0 Å². The predicted octanol–water partition coefficient (Wildman–Crippen LogP) is 6.18. The molecule has 0 aromatic heterocycles. The third-order valence-electron chi connectivity index (χ3n) is 4.04. The summed E-state index contributed by atoms with van der Waals surface area (Å²) in [6.07, 6.45) is 0. The molecule has 0 atom stereocenters. The molecule has 0 radical (unpaired) electrons. The average Bonchev–Trinajstić information content (AvgIpc) is 2.54. The maximum absolute atomic E-state index is 9.56. The van der Waals surface area contributed by atoms with Crippen molar-refractivity contribution < 1.29 is 10.2 Å². The van der Waals surface area contributed by atoms with Gasteiger partial charge in [0.15, 0.2) is 0 Å². The summed E-state index contributed by atoms with van der Waals surface area (Å²) in [6.45, 7) is 8.49. The maximum atomic E-state index is 9.56. The van der Waals surface area contributed by atoms with E-state index in [1.54, 1.807) is 18.2 Å². The first-order valence-corrected chi connectivity index (χ1v) is 8.39. The molecule has 0 unspecified atom stereocenters. The van der Waals surface area contributed by atoms with Gasteiger partial charge in [0.05, 0.1) is 0 Å². The van der Waals surface area contributed by atoms with Crippen LogP contribution in [-0.4, -0.2) is 10.2 Å². The lowest BCUT2D eigenvalue weighted by molar-refractivity contribution is 0.474. The first-order chi connectivity index (χ1) is 11.4. The summed E-state index contributed by atoms with van der Waals surface area (Å²) in [7, 11) is 0.